The summed E-state index contributed by atoms with van der Waals surface area (Å²) in [5, 5.41) is 18.7. The zero-order chi connectivity index (χ0) is 32.8. The second-order valence-corrected chi connectivity index (χ2v) is 11.4. The Hall–Kier alpha value is -3.91. The number of nitrogens with zero attached hydrogens (tertiary/aromatic N) is 2. The lowest BCUT2D eigenvalue weighted by Gasteiger charge is -2.22. The summed E-state index contributed by atoms with van der Waals surface area (Å²) in [5.74, 6) is -0.189. The van der Waals surface area contributed by atoms with Crippen molar-refractivity contribution in [1.29, 1.82) is 0 Å². The van der Waals surface area contributed by atoms with Crippen LogP contribution in [0, 0.1) is 0 Å². The van der Waals surface area contributed by atoms with Crippen LogP contribution in [0.4, 0.5) is 5.69 Å². The van der Waals surface area contributed by atoms with Gasteiger partial charge in [-0.25, -0.2) is 9.37 Å². The van der Waals surface area contributed by atoms with Crippen molar-refractivity contribution in [1.82, 2.24) is 15.2 Å². The Kier molecular flexibility index (Phi) is 14.3. The molecule has 7 nitrogen and oxygen atoms in total. The van der Waals surface area contributed by atoms with Gasteiger partial charge >= 0.3 is 5.97 Å². The van der Waals surface area contributed by atoms with Crippen molar-refractivity contribution in [2.24, 2.45) is 0 Å². The lowest BCUT2D eigenvalue weighted by molar-refractivity contribution is 0.0697. The van der Waals surface area contributed by atoms with Gasteiger partial charge in [-0.05, 0) is 76.2 Å². The predicted octanol–water partition coefficient (Wildman–Crippen LogP) is 7.61. The van der Waals surface area contributed by atoms with E-state index in [1.54, 1.807) is 12.1 Å². The predicted molar refractivity (Wildman–Crippen MR) is 194 cm³/mol. The summed E-state index contributed by atoms with van der Waals surface area (Å²) in [5.41, 5.74) is 4.62. The number of carboxylic acid groups (broad SMARTS) is 1. The van der Waals surface area contributed by atoms with Crippen LogP contribution in [0.25, 0.3) is 33.4 Å². The van der Waals surface area contributed by atoms with E-state index in [2.05, 4.69) is 91.1 Å². The highest BCUT2D eigenvalue weighted by atomic mass is 32.1. The Balaban J connectivity index is 0.000000392. The number of hydrogen-bond donors (Lipinski definition) is 3. The first-order chi connectivity index (χ1) is 21.8. The first-order valence-electron chi connectivity index (χ1n) is 16.4. The third-order valence-corrected chi connectivity index (χ3v) is 8.51. The summed E-state index contributed by atoms with van der Waals surface area (Å²) in [6.07, 6.45) is 6.55. The molecule has 0 aromatic heterocycles. The molecule has 0 unspecified atom stereocenters. The van der Waals surface area contributed by atoms with E-state index in [1.165, 1.54) is 32.1 Å². The van der Waals surface area contributed by atoms with Gasteiger partial charge < -0.3 is 25.1 Å². The monoisotopic (exact) mass is 631 g/mol. The summed E-state index contributed by atoms with van der Waals surface area (Å²) in [4.78, 5) is 14.3. The van der Waals surface area contributed by atoms with Crippen LogP contribution in [0.5, 0.6) is 0 Å². The van der Waals surface area contributed by atoms with Crippen LogP contribution in [0.15, 0.2) is 65.1 Å². The number of nitrogens with one attached hydrogen (secondary N) is 2. The zero-order valence-corrected chi connectivity index (χ0v) is 28.7. The van der Waals surface area contributed by atoms with Crippen molar-refractivity contribution in [3.05, 3.63) is 71.6 Å². The lowest BCUT2D eigenvalue weighted by Crippen LogP contribution is -2.32. The van der Waals surface area contributed by atoms with Gasteiger partial charge in [0.2, 0.25) is 5.36 Å². The fourth-order valence-electron chi connectivity index (χ4n) is 5.64. The molecule has 0 amide bonds. The number of thiocarbonyl (C=S) groups is 1. The molecule has 1 heterocycles. The fourth-order valence-corrected chi connectivity index (χ4v) is 5.74. The average molecular weight is 632 g/mol. The molecule has 3 N–H and O–H groups in total. The van der Waals surface area contributed by atoms with Crippen molar-refractivity contribution >= 4 is 40.0 Å². The van der Waals surface area contributed by atoms with Crippen LogP contribution < -0.4 is 25.5 Å². The molecule has 0 saturated heterocycles. The van der Waals surface area contributed by atoms with Crippen molar-refractivity contribution < 1.29 is 14.3 Å². The van der Waals surface area contributed by atoms with Crippen molar-refractivity contribution in [2.45, 2.75) is 66.7 Å². The number of rotatable bonds is 13. The lowest BCUT2D eigenvalue weighted by atomic mass is 9.90. The Morgan fingerprint density at radius 2 is 1.60 bits per heavy atom. The normalized spacial score (nSPS) is 10.7. The Morgan fingerprint density at radius 1 is 0.889 bits per heavy atom. The molecule has 8 heteroatoms. The van der Waals surface area contributed by atoms with E-state index in [-0.39, 0.29) is 5.56 Å². The van der Waals surface area contributed by atoms with E-state index in [4.69, 9.17) is 16.6 Å². The number of fused-ring (bicyclic) bond motifs is 2. The first kappa shape index (κ1) is 35.6. The number of aromatic carboxylic acids is 1. The van der Waals surface area contributed by atoms with Crippen LogP contribution in [-0.2, 0) is 0 Å². The highest BCUT2D eigenvalue weighted by molar-refractivity contribution is 7.80. The second-order valence-electron chi connectivity index (χ2n) is 11.0. The summed E-state index contributed by atoms with van der Waals surface area (Å²) in [6, 6.07) is 19.6. The summed E-state index contributed by atoms with van der Waals surface area (Å²) in [7, 11) is 1.84. The molecule has 0 spiro atoms. The number of anilines is 1. The largest absolute Gasteiger partial charge is 0.478 e. The molecular weight excluding hydrogens is 580 g/mol. The van der Waals surface area contributed by atoms with Crippen LogP contribution >= 0.6 is 12.2 Å². The zero-order valence-electron chi connectivity index (χ0n) is 27.9. The third kappa shape index (κ3) is 9.30. The standard InChI is InChI=1S/C28H30N2O3.C9H20N2S/c1-5-29(6-2)19-13-15-23-25(17-19)33-26-18-20(30(7-3)8-4)14-16-24(26)27(23)21-11-9-10-12-22(21)28(31)32;1-3-4-5-6-7-8-11-9(12)10-2/h9-18H,5-8H2,1-4H3;3-8H2,1-2H3,(H2,10,11,12)/p+1. The smallest absolute Gasteiger partial charge is 0.336 e. The highest BCUT2D eigenvalue weighted by Crippen LogP contribution is 2.42. The minimum atomic E-state index is -0.938. The quantitative estimate of drug-likeness (QED) is 0.0607. The second kappa shape index (κ2) is 18.2. The van der Waals surface area contributed by atoms with Crippen LogP contribution in [0.2, 0.25) is 0 Å². The van der Waals surface area contributed by atoms with E-state index in [0.717, 1.165) is 76.7 Å². The third-order valence-electron chi connectivity index (χ3n) is 8.17. The summed E-state index contributed by atoms with van der Waals surface area (Å²) < 4.78 is 8.74. The fraction of sp³-hybridized carbons (Fsp3) is 0.432. The van der Waals surface area contributed by atoms with Gasteiger partial charge in [-0.15, -0.1) is 0 Å². The van der Waals surface area contributed by atoms with E-state index in [0.29, 0.717) is 5.56 Å². The first-order valence-corrected chi connectivity index (χ1v) is 16.9. The maximum Gasteiger partial charge on any atom is 0.336 e. The van der Waals surface area contributed by atoms with Gasteiger partial charge in [-0.3, -0.25) is 0 Å². The molecule has 0 fully saturated rings. The molecule has 2 aliphatic rings. The van der Waals surface area contributed by atoms with Gasteiger partial charge in [0.15, 0.2) is 5.11 Å². The van der Waals surface area contributed by atoms with Crippen LogP contribution in [0.3, 0.4) is 0 Å². The Bertz CT molecular complexity index is 1590. The molecule has 45 heavy (non-hydrogen) atoms. The molecule has 2 aromatic carbocycles. The number of hydrogen-bond acceptors (Lipinski definition) is 4. The topological polar surface area (TPSA) is 80.8 Å². The maximum absolute atomic E-state index is 12.1. The maximum atomic E-state index is 12.1. The molecule has 242 valence electrons. The van der Waals surface area contributed by atoms with Gasteiger partial charge in [0.05, 0.1) is 11.6 Å². The van der Waals surface area contributed by atoms with Crippen molar-refractivity contribution in [3.8, 4) is 22.5 Å². The van der Waals surface area contributed by atoms with E-state index in [9.17, 15) is 9.90 Å². The Labute approximate surface area is 274 Å². The van der Waals surface area contributed by atoms with Crippen LogP contribution in [-0.4, -0.2) is 56.0 Å². The van der Waals surface area contributed by atoms with E-state index in [1.807, 2.05) is 19.2 Å². The van der Waals surface area contributed by atoms with Gasteiger partial charge in [0, 0.05) is 61.0 Å². The molecule has 1 aliphatic heterocycles. The van der Waals surface area contributed by atoms with Crippen molar-refractivity contribution in [3.63, 3.8) is 0 Å². The summed E-state index contributed by atoms with van der Waals surface area (Å²) >= 11 is 4.93. The van der Waals surface area contributed by atoms with Crippen LogP contribution in [0.1, 0.15) is 77.1 Å². The SMILES string of the molecule is CCCCCCCNC(=S)NC.CCN(CC)c1ccc2c(-c3ccccc3C(=O)O)c3ccc(=[N+](CC)CC)cc-3oc2c1. The summed E-state index contributed by atoms with van der Waals surface area (Å²) in [6.45, 7) is 15.4. The van der Waals surface area contributed by atoms with Gasteiger partial charge in [0.1, 0.15) is 24.4 Å². The molecule has 0 radical (unpaired) electrons. The number of benzene rings is 3. The van der Waals surface area contributed by atoms with Gasteiger partial charge in [-0.2, -0.15) is 0 Å². The molecule has 0 atom stereocenters. The minimum Gasteiger partial charge on any atom is -0.478 e. The molecule has 4 rings (SSSR count). The highest BCUT2D eigenvalue weighted by Gasteiger charge is 2.22. The molecule has 0 bridgehead atoms. The Morgan fingerprint density at radius 3 is 2.24 bits per heavy atom. The molecule has 2 aromatic rings. The number of unbranched alkanes of at least 4 members (excludes halogenated alkanes) is 4. The van der Waals surface area contributed by atoms with Gasteiger partial charge in [0.25, 0.3) is 0 Å². The average Bonchev–Trinajstić information content (AvgIpc) is 3.06. The van der Waals surface area contributed by atoms with Crippen molar-refractivity contribution in [2.75, 3.05) is 44.7 Å². The number of carbonyl (C=O) groups is 1. The van der Waals surface area contributed by atoms with E-state index < -0.39 is 5.97 Å². The molecule has 0 saturated carbocycles. The molecular formula is C37H51N4O3S+. The molecule has 1 aliphatic carbocycles. The minimum absolute atomic E-state index is 0.284. The number of carboxylic acids is 1. The van der Waals surface area contributed by atoms with E-state index >= 15 is 0 Å². The van der Waals surface area contributed by atoms with Gasteiger partial charge in [-0.1, -0.05) is 50.8 Å².